The smallest absolute Gasteiger partial charge is 0.129 e. The minimum atomic E-state index is -0.500. The molecule has 0 radical (unpaired) electrons. The summed E-state index contributed by atoms with van der Waals surface area (Å²) in [7, 11) is 0. The predicted octanol–water partition coefficient (Wildman–Crippen LogP) is 3.01. The Bertz CT molecular complexity index is 458. The number of aliphatic hydroxyl groups excluding tert-OH is 1. The third-order valence-corrected chi connectivity index (χ3v) is 2.61. The molecule has 0 spiro atoms. The monoisotopic (exact) mass is 233 g/mol. The molecule has 82 valence electrons. The van der Waals surface area contributed by atoms with Gasteiger partial charge in [-0.05, 0) is 23.3 Å². The van der Waals surface area contributed by atoms with Crippen LogP contribution in [0.2, 0.25) is 5.15 Å². The molecule has 2 rings (SSSR count). The molecule has 0 saturated carbocycles. The molecule has 2 nitrogen and oxygen atoms in total. The first kappa shape index (κ1) is 11.1. The van der Waals surface area contributed by atoms with Crippen LogP contribution in [0, 0.1) is 0 Å². The topological polar surface area (TPSA) is 33.1 Å². The van der Waals surface area contributed by atoms with Gasteiger partial charge in [-0.1, -0.05) is 41.9 Å². The van der Waals surface area contributed by atoms with Gasteiger partial charge in [0.25, 0.3) is 0 Å². The Balaban J connectivity index is 2.11. The molecular weight excluding hydrogens is 222 g/mol. The van der Waals surface area contributed by atoms with Gasteiger partial charge in [0.05, 0.1) is 6.10 Å². The zero-order valence-electron chi connectivity index (χ0n) is 8.68. The number of rotatable bonds is 3. The summed E-state index contributed by atoms with van der Waals surface area (Å²) in [5.41, 5.74) is 1.90. The summed E-state index contributed by atoms with van der Waals surface area (Å²) in [5.74, 6) is 0. The maximum Gasteiger partial charge on any atom is 0.129 e. The molecule has 1 aromatic carbocycles. The maximum absolute atomic E-state index is 10.0. The van der Waals surface area contributed by atoms with Gasteiger partial charge in [0.15, 0.2) is 0 Å². The molecule has 0 aliphatic carbocycles. The number of hydrogen-bond donors (Lipinski definition) is 1. The average molecular weight is 234 g/mol. The Labute approximate surface area is 99.5 Å². The van der Waals surface area contributed by atoms with E-state index in [9.17, 15) is 5.11 Å². The van der Waals surface area contributed by atoms with Crippen LogP contribution in [0.3, 0.4) is 0 Å². The fraction of sp³-hybridized carbons (Fsp3) is 0.154. The van der Waals surface area contributed by atoms with Gasteiger partial charge in [-0.2, -0.15) is 0 Å². The van der Waals surface area contributed by atoms with E-state index in [1.54, 1.807) is 12.3 Å². The van der Waals surface area contributed by atoms with Crippen molar-refractivity contribution in [3.05, 3.63) is 64.9 Å². The zero-order chi connectivity index (χ0) is 11.4. The van der Waals surface area contributed by atoms with E-state index in [4.69, 9.17) is 11.6 Å². The van der Waals surface area contributed by atoms with Crippen molar-refractivity contribution in [1.82, 2.24) is 4.98 Å². The molecule has 1 N–H and O–H groups in total. The van der Waals surface area contributed by atoms with E-state index in [1.165, 1.54) is 0 Å². The summed E-state index contributed by atoms with van der Waals surface area (Å²) >= 11 is 5.78. The first-order valence-corrected chi connectivity index (χ1v) is 5.47. The molecule has 0 fully saturated rings. The number of halogens is 1. The molecule has 0 aliphatic heterocycles. The third kappa shape index (κ3) is 2.81. The summed E-state index contributed by atoms with van der Waals surface area (Å²) in [4.78, 5) is 3.90. The number of aromatic nitrogens is 1. The average Bonchev–Trinajstić information content (AvgIpc) is 2.30. The Morgan fingerprint density at radius 3 is 2.62 bits per heavy atom. The first-order chi connectivity index (χ1) is 7.75. The second kappa shape index (κ2) is 5.10. The van der Waals surface area contributed by atoms with E-state index < -0.39 is 6.10 Å². The van der Waals surface area contributed by atoms with Crippen LogP contribution in [-0.4, -0.2) is 10.1 Å². The third-order valence-electron chi connectivity index (χ3n) is 2.40. The van der Waals surface area contributed by atoms with Crippen molar-refractivity contribution in [1.29, 1.82) is 0 Å². The van der Waals surface area contributed by atoms with Crippen LogP contribution in [0.15, 0.2) is 48.7 Å². The second-order valence-corrected chi connectivity index (χ2v) is 4.00. The highest BCUT2D eigenvalue weighted by Crippen LogP contribution is 2.18. The largest absolute Gasteiger partial charge is 0.388 e. The molecule has 1 aromatic heterocycles. The second-order valence-electron chi connectivity index (χ2n) is 3.62. The van der Waals surface area contributed by atoms with Gasteiger partial charge in [-0.15, -0.1) is 0 Å². The number of pyridine rings is 1. The van der Waals surface area contributed by atoms with Crippen molar-refractivity contribution >= 4 is 11.6 Å². The van der Waals surface area contributed by atoms with Gasteiger partial charge >= 0.3 is 0 Å². The molecule has 1 heterocycles. The highest BCUT2D eigenvalue weighted by atomic mass is 35.5. The fourth-order valence-corrected chi connectivity index (χ4v) is 1.78. The Hall–Kier alpha value is -1.38. The molecular formula is C13H12ClNO. The fourth-order valence-electron chi connectivity index (χ4n) is 1.59. The van der Waals surface area contributed by atoms with Gasteiger partial charge in [0.2, 0.25) is 0 Å². The van der Waals surface area contributed by atoms with Crippen LogP contribution in [-0.2, 0) is 6.42 Å². The van der Waals surface area contributed by atoms with Crippen molar-refractivity contribution in [2.75, 3.05) is 0 Å². The normalized spacial score (nSPS) is 12.4. The van der Waals surface area contributed by atoms with Crippen molar-refractivity contribution in [2.45, 2.75) is 12.5 Å². The Kier molecular flexibility index (Phi) is 3.54. The van der Waals surface area contributed by atoms with E-state index in [1.807, 2.05) is 36.4 Å². The van der Waals surface area contributed by atoms with Crippen molar-refractivity contribution in [3.8, 4) is 0 Å². The standard InChI is InChI=1S/C13H12ClNO/c14-13-9-10(6-7-15-13)8-12(16)11-4-2-1-3-5-11/h1-7,9,12,16H,8H2. The van der Waals surface area contributed by atoms with Gasteiger partial charge < -0.3 is 5.11 Å². The SMILES string of the molecule is OC(Cc1ccnc(Cl)c1)c1ccccc1. The number of hydrogen-bond acceptors (Lipinski definition) is 2. The summed E-state index contributed by atoms with van der Waals surface area (Å²) in [6, 6.07) is 13.2. The van der Waals surface area contributed by atoms with Crippen LogP contribution in [0.4, 0.5) is 0 Å². The first-order valence-electron chi connectivity index (χ1n) is 5.09. The van der Waals surface area contributed by atoms with Crippen molar-refractivity contribution < 1.29 is 5.11 Å². The number of nitrogens with zero attached hydrogens (tertiary/aromatic N) is 1. The highest BCUT2D eigenvalue weighted by molar-refractivity contribution is 6.29. The summed E-state index contributed by atoms with van der Waals surface area (Å²) in [6.45, 7) is 0. The van der Waals surface area contributed by atoms with Crippen molar-refractivity contribution in [3.63, 3.8) is 0 Å². The van der Waals surface area contributed by atoms with Gasteiger partial charge in [-0.25, -0.2) is 4.98 Å². The van der Waals surface area contributed by atoms with E-state index in [0.29, 0.717) is 11.6 Å². The summed E-state index contributed by atoms with van der Waals surface area (Å²) < 4.78 is 0. The van der Waals surface area contributed by atoms with Gasteiger partial charge in [0.1, 0.15) is 5.15 Å². The highest BCUT2D eigenvalue weighted by Gasteiger charge is 2.08. The number of aliphatic hydroxyl groups is 1. The molecule has 0 saturated heterocycles. The van der Waals surface area contributed by atoms with Crippen molar-refractivity contribution in [2.24, 2.45) is 0 Å². The quantitative estimate of drug-likeness (QED) is 0.827. The lowest BCUT2D eigenvalue weighted by atomic mass is 10.0. The molecule has 0 bridgehead atoms. The van der Waals surface area contributed by atoms with Crippen LogP contribution in [0.25, 0.3) is 0 Å². The number of benzene rings is 1. The molecule has 0 aliphatic rings. The van der Waals surface area contributed by atoms with Crippen LogP contribution in [0.1, 0.15) is 17.2 Å². The molecule has 3 heteroatoms. The maximum atomic E-state index is 10.0. The minimum Gasteiger partial charge on any atom is -0.388 e. The Morgan fingerprint density at radius 1 is 1.19 bits per heavy atom. The van der Waals surface area contributed by atoms with Crippen LogP contribution >= 0.6 is 11.6 Å². The molecule has 16 heavy (non-hydrogen) atoms. The van der Waals surface area contributed by atoms with Crippen LogP contribution < -0.4 is 0 Å². The summed E-state index contributed by atoms with van der Waals surface area (Å²) in [5, 5.41) is 10.5. The predicted molar refractivity (Wildman–Crippen MR) is 64.4 cm³/mol. The zero-order valence-corrected chi connectivity index (χ0v) is 9.43. The molecule has 2 aromatic rings. The van der Waals surface area contributed by atoms with Crippen LogP contribution in [0.5, 0.6) is 0 Å². The lowest BCUT2D eigenvalue weighted by Gasteiger charge is -2.10. The lowest BCUT2D eigenvalue weighted by Crippen LogP contribution is -2.01. The Morgan fingerprint density at radius 2 is 1.94 bits per heavy atom. The van der Waals surface area contributed by atoms with Gasteiger partial charge in [0, 0.05) is 12.6 Å². The van der Waals surface area contributed by atoms with E-state index in [0.717, 1.165) is 11.1 Å². The van der Waals surface area contributed by atoms with E-state index in [2.05, 4.69) is 4.98 Å². The molecule has 1 atom stereocenters. The summed E-state index contributed by atoms with van der Waals surface area (Å²) in [6.07, 6.45) is 1.70. The van der Waals surface area contributed by atoms with Gasteiger partial charge in [-0.3, -0.25) is 0 Å². The minimum absolute atomic E-state index is 0.456. The van der Waals surface area contributed by atoms with E-state index in [-0.39, 0.29) is 0 Å². The lowest BCUT2D eigenvalue weighted by molar-refractivity contribution is 0.178. The van der Waals surface area contributed by atoms with E-state index >= 15 is 0 Å². The molecule has 1 unspecified atom stereocenters. The molecule has 0 amide bonds.